The molecule has 0 rings (SSSR count). The number of rotatable bonds is 4. The monoisotopic (exact) mass is 281 g/mol. The predicted octanol–water partition coefficient (Wildman–Crippen LogP) is 1.86. The molecule has 0 atom stereocenters. The Morgan fingerprint density at radius 2 is 2.17 bits per heavy atom. The molecule has 0 saturated carbocycles. The lowest BCUT2D eigenvalue weighted by molar-refractivity contribution is 0.194. The highest BCUT2D eigenvalue weighted by Crippen LogP contribution is 1.91. The van der Waals surface area contributed by atoms with Crippen LogP contribution in [0.25, 0.3) is 0 Å². The third-order valence-electron chi connectivity index (χ3n) is 1.20. The van der Waals surface area contributed by atoms with Gasteiger partial charge in [-0.3, -0.25) is 0 Å². The van der Waals surface area contributed by atoms with Gasteiger partial charge in [-0.05, 0) is 12.8 Å². The topological polar surface area (TPSA) is 49.3 Å². The maximum Gasteiger partial charge on any atom is 0.404 e. The molecular formula is C8H12INO2. The summed E-state index contributed by atoms with van der Waals surface area (Å²) in [5, 5.41) is 10.5. The van der Waals surface area contributed by atoms with Crippen LogP contribution in [0.2, 0.25) is 0 Å². The summed E-state index contributed by atoms with van der Waals surface area (Å²) in [4.78, 5) is 9.99. The number of carboxylic acid groups (broad SMARTS) is 1. The number of amides is 1. The Bertz CT molecular complexity index is 183. The van der Waals surface area contributed by atoms with Gasteiger partial charge in [-0.2, -0.15) is 0 Å². The molecule has 0 aliphatic heterocycles. The van der Waals surface area contributed by atoms with E-state index in [1.165, 1.54) is 0 Å². The first kappa shape index (κ1) is 11.6. The smallest absolute Gasteiger partial charge is 0.404 e. The Morgan fingerprint density at radius 3 is 2.75 bits per heavy atom. The van der Waals surface area contributed by atoms with Crippen LogP contribution in [0.4, 0.5) is 4.79 Å². The van der Waals surface area contributed by atoms with Gasteiger partial charge in [0.1, 0.15) is 0 Å². The standard InChI is InChI=1S/C8H12INO2/c9-6-4-2-1-3-5-7-10-8(11)12/h10H,1,3,5-7H2,(H,11,12). The van der Waals surface area contributed by atoms with Crippen LogP contribution in [0.3, 0.4) is 0 Å². The highest BCUT2D eigenvalue weighted by Gasteiger charge is 1.91. The first-order valence-corrected chi connectivity index (χ1v) is 5.28. The molecule has 0 saturated heterocycles. The molecule has 0 radical (unpaired) electrons. The van der Waals surface area contributed by atoms with Crippen molar-refractivity contribution in [1.82, 2.24) is 5.32 Å². The highest BCUT2D eigenvalue weighted by molar-refractivity contribution is 14.1. The second kappa shape index (κ2) is 8.65. The van der Waals surface area contributed by atoms with Crippen LogP contribution in [-0.4, -0.2) is 22.2 Å². The van der Waals surface area contributed by atoms with E-state index in [2.05, 4.69) is 39.7 Å². The highest BCUT2D eigenvalue weighted by atomic mass is 127. The Labute approximate surface area is 86.1 Å². The van der Waals surface area contributed by atoms with Crippen molar-refractivity contribution in [2.75, 3.05) is 11.0 Å². The molecule has 0 aromatic rings. The Kier molecular flexibility index (Phi) is 8.34. The molecule has 0 heterocycles. The fourth-order valence-corrected chi connectivity index (χ4v) is 0.939. The summed E-state index contributed by atoms with van der Waals surface area (Å²) in [7, 11) is 0. The van der Waals surface area contributed by atoms with Gasteiger partial charge in [0.2, 0.25) is 0 Å². The maximum atomic E-state index is 9.99. The van der Waals surface area contributed by atoms with Crippen molar-refractivity contribution in [2.45, 2.75) is 19.3 Å². The van der Waals surface area contributed by atoms with E-state index in [4.69, 9.17) is 5.11 Å². The lowest BCUT2D eigenvalue weighted by atomic mass is 10.2. The van der Waals surface area contributed by atoms with Gasteiger partial charge in [0.25, 0.3) is 0 Å². The molecule has 0 aromatic carbocycles. The van der Waals surface area contributed by atoms with E-state index in [1.807, 2.05) is 0 Å². The summed E-state index contributed by atoms with van der Waals surface area (Å²) in [5.41, 5.74) is 0. The van der Waals surface area contributed by atoms with E-state index in [1.54, 1.807) is 0 Å². The number of nitrogens with one attached hydrogen (secondary N) is 1. The fraction of sp³-hybridized carbons (Fsp3) is 0.625. The summed E-state index contributed by atoms with van der Waals surface area (Å²) >= 11 is 2.20. The normalized spacial score (nSPS) is 8.42. The maximum absolute atomic E-state index is 9.99. The average molecular weight is 281 g/mol. The second-order valence-electron chi connectivity index (χ2n) is 2.18. The molecule has 0 aliphatic carbocycles. The summed E-state index contributed by atoms with van der Waals surface area (Å²) in [6.45, 7) is 0.529. The largest absolute Gasteiger partial charge is 0.465 e. The van der Waals surface area contributed by atoms with E-state index in [-0.39, 0.29) is 0 Å². The first-order chi connectivity index (χ1) is 5.77. The molecule has 0 fully saturated rings. The van der Waals surface area contributed by atoms with Gasteiger partial charge in [0.05, 0.1) is 4.43 Å². The first-order valence-electron chi connectivity index (χ1n) is 3.76. The van der Waals surface area contributed by atoms with Gasteiger partial charge >= 0.3 is 6.09 Å². The van der Waals surface area contributed by atoms with Gasteiger partial charge in [-0.15, -0.1) is 5.92 Å². The van der Waals surface area contributed by atoms with E-state index in [0.29, 0.717) is 6.54 Å². The van der Waals surface area contributed by atoms with Crippen LogP contribution in [0.5, 0.6) is 0 Å². The van der Waals surface area contributed by atoms with E-state index in [9.17, 15) is 4.79 Å². The van der Waals surface area contributed by atoms with Crippen molar-refractivity contribution in [3.05, 3.63) is 0 Å². The number of carbonyl (C=O) groups is 1. The zero-order chi connectivity index (χ0) is 9.23. The zero-order valence-electron chi connectivity index (χ0n) is 6.77. The lowest BCUT2D eigenvalue weighted by Gasteiger charge is -1.97. The van der Waals surface area contributed by atoms with Gasteiger partial charge in [-0.25, -0.2) is 4.79 Å². The molecule has 1 amide bonds. The van der Waals surface area contributed by atoms with Crippen LogP contribution in [0.1, 0.15) is 19.3 Å². The molecule has 0 unspecified atom stereocenters. The van der Waals surface area contributed by atoms with E-state index in [0.717, 1.165) is 23.7 Å². The summed E-state index contributed by atoms with van der Waals surface area (Å²) in [6.07, 6.45) is 1.74. The van der Waals surface area contributed by atoms with E-state index >= 15 is 0 Å². The van der Waals surface area contributed by atoms with Crippen molar-refractivity contribution in [3.63, 3.8) is 0 Å². The summed E-state index contributed by atoms with van der Waals surface area (Å²) in [6, 6.07) is 0. The molecule has 0 spiro atoms. The Morgan fingerprint density at radius 1 is 1.42 bits per heavy atom. The van der Waals surface area contributed by atoms with Crippen LogP contribution >= 0.6 is 22.6 Å². The van der Waals surface area contributed by atoms with Crippen LogP contribution in [-0.2, 0) is 0 Å². The molecule has 3 nitrogen and oxygen atoms in total. The molecule has 12 heavy (non-hydrogen) atoms. The van der Waals surface area contributed by atoms with Crippen molar-refractivity contribution in [2.24, 2.45) is 0 Å². The quantitative estimate of drug-likeness (QED) is 0.357. The minimum atomic E-state index is -0.951. The fourth-order valence-electron chi connectivity index (χ4n) is 0.669. The molecule has 0 aliphatic rings. The number of halogens is 1. The second-order valence-corrected chi connectivity index (χ2v) is 2.94. The van der Waals surface area contributed by atoms with Gasteiger partial charge < -0.3 is 10.4 Å². The Balaban J connectivity index is 3.06. The van der Waals surface area contributed by atoms with Crippen molar-refractivity contribution in [3.8, 4) is 11.8 Å². The minimum absolute atomic E-state index is 0.529. The molecule has 0 aromatic heterocycles. The zero-order valence-corrected chi connectivity index (χ0v) is 8.93. The number of hydrogen-bond donors (Lipinski definition) is 2. The van der Waals surface area contributed by atoms with Crippen molar-refractivity contribution in [1.29, 1.82) is 0 Å². The van der Waals surface area contributed by atoms with Crippen molar-refractivity contribution < 1.29 is 9.90 Å². The molecule has 0 bridgehead atoms. The van der Waals surface area contributed by atoms with Gasteiger partial charge in [-0.1, -0.05) is 28.5 Å². The molecule has 68 valence electrons. The number of unbranched alkanes of at least 4 members (excludes halogenated alkanes) is 2. The molecular weight excluding hydrogens is 269 g/mol. The lowest BCUT2D eigenvalue weighted by Crippen LogP contribution is -2.21. The predicted molar refractivity (Wildman–Crippen MR) is 56.5 cm³/mol. The van der Waals surface area contributed by atoms with Crippen LogP contribution in [0.15, 0.2) is 0 Å². The average Bonchev–Trinajstić information content (AvgIpc) is 2.02. The minimum Gasteiger partial charge on any atom is -0.465 e. The van der Waals surface area contributed by atoms with Crippen molar-refractivity contribution >= 4 is 28.7 Å². The molecule has 2 N–H and O–H groups in total. The molecule has 4 heteroatoms. The summed E-state index contributed by atoms with van der Waals surface area (Å²) < 4.78 is 0.866. The summed E-state index contributed by atoms with van der Waals surface area (Å²) in [5.74, 6) is 5.94. The van der Waals surface area contributed by atoms with Gasteiger partial charge in [0.15, 0.2) is 0 Å². The number of hydrogen-bond acceptors (Lipinski definition) is 1. The third kappa shape index (κ3) is 9.56. The van der Waals surface area contributed by atoms with Crippen LogP contribution in [0, 0.1) is 11.8 Å². The SMILES string of the molecule is O=C(O)NCCCCC#CCI. The van der Waals surface area contributed by atoms with E-state index < -0.39 is 6.09 Å². The third-order valence-corrected chi connectivity index (χ3v) is 1.58. The number of alkyl halides is 1. The van der Waals surface area contributed by atoms with Crippen LogP contribution < -0.4 is 5.32 Å². The Hall–Kier alpha value is -0.440. The van der Waals surface area contributed by atoms with Gasteiger partial charge in [0, 0.05) is 13.0 Å².